The number of benzene rings is 2. The van der Waals surface area contributed by atoms with Crippen molar-refractivity contribution in [2.45, 2.75) is 62.0 Å². The van der Waals surface area contributed by atoms with Crippen LogP contribution in [0.1, 0.15) is 52.4 Å². The summed E-state index contributed by atoms with van der Waals surface area (Å²) < 4.78 is 43.2. The predicted octanol–water partition coefficient (Wildman–Crippen LogP) is 3.09. The highest BCUT2D eigenvalue weighted by Gasteiger charge is 2.81. The molecule has 4 aliphatic heterocycles. The highest BCUT2D eigenvalue weighted by Crippen LogP contribution is 2.66. The Morgan fingerprint density at radius 3 is 2.69 bits per heavy atom. The summed E-state index contributed by atoms with van der Waals surface area (Å²) in [6.45, 7) is 2.62. The van der Waals surface area contributed by atoms with Crippen molar-refractivity contribution in [2.24, 2.45) is 0 Å². The zero-order chi connectivity index (χ0) is 24.3. The first kappa shape index (κ1) is 21.8. The van der Waals surface area contributed by atoms with Crippen molar-refractivity contribution in [3.05, 3.63) is 28.3 Å². The van der Waals surface area contributed by atoms with E-state index in [0.717, 1.165) is 23.1 Å². The average Bonchev–Trinajstić information content (AvgIpc) is 3.50. The van der Waals surface area contributed by atoms with Crippen LogP contribution in [0.15, 0.2) is 6.07 Å². The number of epoxide rings is 1. The van der Waals surface area contributed by atoms with Crippen molar-refractivity contribution in [3.63, 3.8) is 0 Å². The molecule has 0 aromatic heterocycles. The van der Waals surface area contributed by atoms with Crippen LogP contribution in [-0.4, -0.2) is 68.7 Å². The summed E-state index contributed by atoms with van der Waals surface area (Å²) >= 11 is 0. The third kappa shape index (κ3) is 2.48. The van der Waals surface area contributed by atoms with Gasteiger partial charge < -0.3 is 38.3 Å². The maximum absolute atomic E-state index is 12.9. The Bertz CT molecular complexity index is 1300. The summed E-state index contributed by atoms with van der Waals surface area (Å²) in [6, 6.07) is 1.97. The van der Waals surface area contributed by atoms with E-state index in [9.17, 15) is 9.90 Å². The Labute approximate surface area is 202 Å². The van der Waals surface area contributed by atoms with Crippen LogP contribution in [0.4, 0.5) is 0 Å². The maximum atomic E-state index is 12.9. The fourth-order valence-electron chi connectivity index (χ4n) is 6.92. The van der Waals surface area contributed by atoms with Crippen molar-refractivity contribution >= 4 is 16.6 Å². The molecule has 5 atom stereocenters. The molecule has 7 rings (SSSR count). The molecular formula is C26H28O9. The van der Waals surface area contributed by atoms with Crippen molar-refractivity contribution in [1.29, 1.82) is 0 Å². The number of hydrogen-bond acceptors (Lipinski definition) is 9. The number of ether oxygens (including phenoxy) is 7. The molecule has 0 saturated carbocycles. The van der Waals surface area contributed by atoms with Gasteiger partial charge >= 0.3 is 0 Å². The van der Waals surface area contributed by atoms with Gasteiger partial charge in [-0.3, -0.25) is 4.79 Å². The number of aromatic hydroxyl groups is 1. The number of phenolic OH excluding ortho intramolecular Hbond substituents is 1. The summed E-state index contributed by atoms with van der Waals surface area (Å²) in [7, 11) is 4.76. The van der Waals surface area contributed by atoms with E-state index in [1.807, 2.05) is 13.0 Å². The number of carbonyl (C=O) groups excluding carboxylic acids is 1. The molecule has 0 amide bonds. The van der Waals surface area contributed by atoms with Crippen molar-refractivity contribution in [3.8, 4) is 17.2 Å². The lowest BCUT2D eigenvalue weighted by Crippen LogP contribution is -2.68. The highest BCUT2D eigenvalue weighted by molar-refractivity contribution is 6.11. The molecule has 2 bridgehead atoms. The van der Waals surface area contributed by atoms with Gasteiger partial charge in [0.15, 0.2) is 23.3 Å². The molecule has 1 spiro atoms. The topological polar surface area (TPSA) is 105 Å². The van der Waals surface area contributed by atoms with Crippen LogP contribution < -0.4 is 9.47 Å². The smallest absolute Gasteiger partial charge is 0.271 e. The number of Topliss-reactive ketones (excluding diaryl/α,β-unsaturated/α-hetero) is 1. The minimum Gasteiger partial charge on any atom is -0.506 e. The van der Waals surface area contributed by atoms with Gasteiger partial charge in [0.25, 0.3) is 5.79 Å². The van der Waals surface area contributed by atoms with E-state index in [1.54, 1.807) is 21.3 Å². The normalized spacial score (nSPS) is 36.2. The Hall–Kier alpha value is -2.43. The largest absolute Gasteiger partial charge is 0.506 e. The zero-order valence-corrected chi connectivity index (χ0v) is 20.2. The van der Waals surface area contributed by atoms with Crippen LogP contribution >= 0.6 is 0 Å². The SMILES string of the molecule is COCC12C[C@]3(CO3)[C@]3(OC)Oc4c(c(C)cc5c(OC)c6c(c(O)c45)C(=O)CCC6)C(O1)C3O2. The minimum atomic E-state index is -1.29. The lowest BCUT2D eigenvalue weighted by molar-refractivity contribution is -0.331. The fourth-order valence-corrected chi connectivity index (χ4v) is 6.92. The van der Waals surface area contributed by atoms with Crippen molar-refractivity contribution < 1.29 is 43.1 Å². The second-order valence-corrected chi connectivity index (χ2v) is 10.2. The average molecular weight is 485 g/mol. The summed E-state index contributed by atoms with van der Waals surface area (Å²) in [5.41, 5.74) is 1.92. The number of ketones is 1. The molecule has 1 aliphatic carbocycles. The molecular weight excluding hydrogens is 456 g/mol. The molecule has 3 unspecified atom stereocenters. The van der Waals surface area contributed by atoms with E-state index < -0.39 is 29.4 Å². The van der Waals surface area contributed by atoms with Crippen LogP contribution in [0.25, 0.3) is 10.8 Å². The predicted molar refractivity (Wildman–Crippen MR) is 121 cm³/mol. The molecule has 9 nitrogen and oxygen atoms in total. The van der Waals surface area contributed by atoms with E-state index in [4.69, 9.17) is 33.2 Å². The molecule has 186 valence electrons. The van der Waals surface area contributed by atoms with Crippen LogP contribution in [0.2, 0.25) is 0 Å². The third-order valence-electron chi connectivity index (χ3n) is 8.36. The maximum Gasteiger partial charge on any atom is 0.271 e. The molecule has 2 aromatic carbocycles. The van der Waals surface area contributed by atoms with Crippen molar-refractivity contribution in [2.75, 3.05) is 34.5 Å². The van der Waals surface area contributed by atoms with E-state index in [-0.39, 0.29) is 18.1 Å². The summed E-state index contributed by atoms with van der Waals surface area (Å²) in [6.07, 6.45) is 0.985. The second kappa shape index (κ2) is 6.86. The molecule has 3 fully saturated rings. The fraction of sp³-hybridized carbons (Fsp3) is 0.577. The molecule has 9 heteroatoms. The number of rotatable bonds is 4. The number of phenols is 1. The zero-order valence-electron chi connectivity index (χ0n) is 20.2. The molecule has 5 aliphatic rings. The molecule has 2 aromatic rings. The number of aryl methyl sites for hydroxylation is 1. The van der Waals surface area contributed by atoms with Crippen LogP contribution in [0.5, 0.6) is 17.2 Å². The number of fused-ring (bicyclic) bond motifs is 7. The molecule has 0 radical (unpaired) electrons. The standard InChI is InChI=1S/C26H28O9/c1-12-8-14-18(19(28)17-13(20(14)30-3)6-5-7-15(17)27)21-16(12)22-23-26(31-4,34-21)24(10-32-24)9-25(33-22,35-23)11-29-2/h8,22-23,28H,5-7,9-11H2,1-4H3/t22?,23?,24-,25?,26+/m0/s1. The van der Waals surface area contributed by atoms with Gasteiger partial charge in [-0.2, -0.15) is 0 Å². The van der Waals surface area contributed by atoms with Gasteiger partial charge in [0.2, 0.25) is 0 Å². The summed E-state index contributed by atoms with van der Waals surface area (Å²) in [5, 5.41) is 12.7. The molecule has 4 heterocycles. The molecule has 35 heavy (non-hydrogen) atoms. The van der Waals surface area contributed by atoms with Gasteiger partial charge in [0, 0.05) is 43.6 Å². The van der Waals surface area contributed by atoms with Gasteiger partial charge in [-0.1, -0.05) is 0 Å². The molecule has 3 saturated heterocycles. The van der Waals surface area contributed by atoms with Gasteiger partial charge in [-0.25, -0.2) is 0 Å². The van der Waals surface area contributed by atoms with E-state index >= 15 is 0 Å². The van der Waals surface area contributed by atoms with E-state index in [2.05, 4.69) is 0 Å². The summed E-state index contributed by atoms with van der Waals surface area (Å²) in [5.74, 6) is -1.49. The Morgan fingerprint density at radius 2 is 2.00 bits per heavy atom. The van der Waals surface area contributed by atoms with Gasteiger partial charge in [-0.15, -0.1) is 0 Å². The van der Waals surface area contributed by atoms with Gasteiger partial charge in [-0.05, 0) is 31.4 Å². The number of hydrogen-bond donors (Lipinski definition) is 1. The van der Waals surface area contributed by atoms with E-state index in [1.165, 1.54) is 0 Å². The number of methoxy groups -OCH3 is 3. The number of carbonyl (C=O) groups is 1. The van der Waals surface area contributed by atoms with Crippen LogP contribution in [-0.2, 0) is 30.1 Å². The minimum absolute atomic E-state index is 0.0905. The monoisotopic (exact) mass is 484 g/mol. The first-order valence-electron chi connectivity index (χ1n) is 12.0. The summed E-state index contributed by atoms with van der Waals surface area (Å²) in [4.78, 5) is 12.9. The van der Waals surface area contributed by atoms with E-state index in [0.29, 0.717) is 53.7 Å². The first-order valence-corrected chi connectivity index (χ1v) is 12.0. The molecule has 1 N–H and O–H groups in total. The second-order valence-electron chi connectivity index (χ2n) is 10.2. The quantitative estimate of drug-likeness (QED) is 0.656. The third-order valence-corrected chi connectivity index (χ3v) is 8.36. The Morgan fingerprint density at radius 1 is 1.20 bits per heavy atom. The van der Waals surface area contributed by atoms with Crippen molar-refractivity contribution in [1.82, 2.24) is 0 Å². The van der Waals surface area contributed by atoms with Crippen LogP contribution in [0, 0.1) is 6.92 Å². The first-order chi connectivity index (χ1) is 16.8. The Kier molecular flexibility index (Phi) is 4.28. The van der Waals surface area contributed by atoms with Crippen LogP contribution in [0.3, 0.4) is 0 Å². The highest BCUT2D eigenvalue weighted by atomic mass is 16.8. The lowest BCUT2D eigenvalue weighted by Gasteiger charge is -2.49. The Balaban J connectivity index is 1.55. The van der Waals surface area contributed by atoms with Gasteiger partial charge in [0.1, 0.15) is 30.0 Å². The van der Waals surface area contributed by atoms with Gasteiger partial charge in [0.05, 0.1) is 24.7 Å². The lowest BCUT2D eigenvalue weighted by atomic mass is 9.78.